The number of nitrogens with one attached hydrogen (secondary N) is 1. The van der Waals surface area contributed by atoms with Gasteiger partial charge in [0.25, 0.3) is 0 Å². The third-order valence-electron chi connectivity index (χ3n) is 3.19. The molecule has 1 aromatic heterocycles. The average Bonchev–Trinajstić information content (AvgIpc) is 2.89. The zero-order chi connectivity index (χ0) is 14.5. The Kier molecular flexibility index (Phi) is 4.60. The zero-order valence-corrected chi connectivity index (χ0v) is 12.0. The number of aromatic nitrogens is 2. The molecule has 0 saturated carbocycles. The molecule has 2 rings (SSSR count). The molecule has 20 heavy (non-hydrogen) atoms. The van der Waals surface area contributed by atoms with E-state index in [-0.39, 0.29) is 6.04 Å². The molecule has 0 spiro atoms. The molecule has 1 unspecified atom stereocenters. The van der Waals surface area contributed by atoms with Crippen molar-refractivity contribution in [3.63, 3.8) is 0 Å². The van der Waals surface area contributed by atoms with E-state index < -0.39 is 0 Å². The van der Waals surface area contributed by atoms with Crippen LogP contribution in [0.5, 0.6) is 11.5 Å². The Morgan fingerprint density at radius 1 is 1.25 bits per heavy atom. The molecule has 0 aliphatic rings. The molecule has 0 aliphatic carbocycles. The van der Waals surface area contributed by atoms with Crippen molar-refractivity contribution in [2.24, 2.45) is 12.9 Å². The number of hydrogen-bond donors (Lipinski definition) is 2. The van der Waals surface area contributed by atoms with Crippen LogP contribution in [0.15, 0.2) is 30.5 Å². The Balaban J connectivity index is 2.22. The van der Waals surface area contributed by atoms with Crippen molar-refractivity contribution in [3.05, 3.63) is 41.7 Å². The SMILES string of the molecule is COc1ccc(C(Cc2ccn(C)n2)NN)cc1OC. The predicted molar refractivity (Wildman–Crippen MR) is 76.5 cm³/mol. The van der Waals surface area contributed by atoms with Crippen molar-refractivity contribution < 1.29 is 9.47 Å². The minimum Gasteiger partial charge on any atom is -0.493 e. The maximum atomic E-state index is 5.66. The number of rotatable bonds is 6. The maximum Gasteiger partial charge on any atom is 0.161 e. The second kappa shape index (κ2) is 6.40. The van der Waals surface area contributed by atoms with Gasteiger partial charge in [0.05, 0.1) is 26.0 Å². The van der Waals surface area contributed by atoms with E-state index in [4.69, 9.17) is 15.3 Å². The summed E-state index contributed by atoms with van der Waals surface area (Å²) in [7, 11) is 5.13. The Bertz CT molecular complexity index is 568. The van der Waals surface area contributed by atoms with Crippen LogP contribution in [0.25, 0.3) is 0 Å². The van der Waals surface area contributed by atoms with Gasteiger partial charge in [-0.1, -0.05) is 6.07 Å². The van der Waals surface area contributed by atoms with E-state index >= 15 is 0 Å². The number of nitrogens with two attached hydrogens (primary N) is 1. The van der Waals surface area contributed by atoms with E-state index in [2.05, 4.69) is 10.5 Å². The third kappa shape index (κ3) is 3.09. The molecule has 0 radical (unpaired) electrons. The van der Waals surface area contributed by atoms with Crippen molar-refractivity contribution in [1.29, 1.82) is 0 Å². The summed E-state index contributed by atoms with van der Waals surface area (Å²) >= 11 is 0. The summed E-state index contributed by atoms with van der Waals surface area (Å²) in [4.78, 5) is 0. The first kappa shape index (κ1) is 14.4. The number of hydrogen-bond acceptors (Lipinski definition) is 5. The average molecular weight is 276 g/mol. The molecule has 0 aliphatic heterocycles. The van der Waals surface area contributed by atoms with E-state index in [0.29, 0.717) is 17.9 Å². The molecule has 1 atom stereocenters. The molecule has 1 heterocycles. The van der Waals surface area contributed by atoms with Gasteiger partial charge < -0.3 is 9.47 Å². The molecule has 2 aromatic rings. The summed E-state index contributed by atoms with van der Waals surface area (Å²) < 4.78 is 12.3. The minimum atomic E-state index is -0.0373. The van der Waals surface area contributed by atoms with Gasteiger partial charge in [0.1, 0.15) is 0 Å². The van der Waals surface area contributed by atoms with Crippen LogP contribution in [0.4, 0.5) is 0 Å². The Labute approximate surface area is 118 Å². The van der Waals surface area contributed by atoms with Crippen LogP contribution in [0, 0.1) is 0 Å². The summed E-state index contributed by atoms with van der Waals surface area (Å²) in [6.45, 7) is 0. The fourth-order valence-electron chi connectivity index (χ4n) is 2.12. The van der Waals surface area contributed by atoms with E-state index in [1.807, 2.05) is 37.5 Å². The summed E-state index contributed by atoms with van der Waals surface area (Å²) in [5.41, 5.74) is 4.82. The minimum absolute atomic E-state index is 0.0373. The van der Waals surface area contributed by atoms with Gasteiger partial charge in [0, 0.05) is 19.7 Å². The van der Waals surface area contributed by atoms with Crippen molar-refractivity contribution in [2.75, 3.05) is 14.2 Å². The van der Waals surface area contributed by atoms with Gasteiger partial charge in [-0.05, 0) is 23.8 Å². The van der Waals surface area contributed by atoms with Gasteiger partial charge in [-0.25, -0.2) is 0 Å². The molecule has 1 aromatic carbocycles. The first-order chi connectivity index (χ1) is 9.67. The van der Waals surface area contributed by atoms with Gasteiger partial charge in [-0.2, -0.15) is 5.10 Å². The van der Waals surface area contributed by atoms with Crippen molar-refractivity contribution in [2.45, 2.75) is 12.5 Å². The highest BCUT2D eigenvalue weighted by atomic mass is 16.5. The highest BCUT2D eigenvalue weighted by molar-refractivity contribution is 5.44. The van der Waals surface area contributed by atoms with Crippen LogP contribution in [0.3, 0.4) is 0 Å². The molecule has 108 valence electrons. The lowest BCUT2D eigenvalue weighted by Gasteiger charge is -2.17. The normalized spacial score (nSPS) is 12.2. The Morgan fingerprint density at radius 3 is 2.55 bits per heavy atom. The van der Waals surface area contributed by atoms with Gasteiger partial charge in [-0.15, -0.1) is 0 Å². The number of methoxy groups -OCH3 is 2. The van der Waals surface area contributed by atoms with Crippen LogP contribution in [0.2, 0.25) is 0 Å². The summed E-state index contributed by atoms with van der Waals surface area (Å²) in [5, 5.41) is 4.37. The Hall–Kier alpha value is -2.05. The molecular formula is C14H20N4O2. The maximum absolute atomic E-state index is 5.66. The molecule has 0 fully saturated rings. The smallest absolute Gasteiger partial charge is 0.161 e. The van der Waals surface area contributed by atoms with Gasteiger partial charge in [-0.3, -0.25) is 16.0 Å². The molecule has 6 nitrogen and oxygen atoms in total. The monoisotopic (exact) mass is 276 g/mol. The molecule has 0 saturated heterocycles. The summed E-state index contributed by atoms with van der Waals surface area (Å²) in [6.07, 6.45) is 2.62. The van der Waals surface area contributed by atoms with Crippen LogP contribution in [0.1, 0.15) is 17.3 Å². The van der Waals surface area contributed by atoms with E-state index in [1.54, 1.807) is 18.9 Å². The lowest BCUT2D eigenvalue weighted by molar-refractivity contribution is 0.353. The standard InChI is InChI=1S/C14H20N4O2/c1-18-7-6-11(17-18)9-12(16-15)10-4-5-13(19-2)14(8-10)20-3/h4-8,12,16H,9,15H2,1-3H3. The first-order valence-electron chi connectivity index (χ1n) is 6.34. The fraction of sp³-hybridized carbons (Fsp3) is 0.357. The van der Waals surface area contributed by atoms with E-state index in [9.17, 15) is 0 Å². The quantitative estimate of drug-likeness (QED) is 0.612. The molecule has 3 N–H and O–H groups in total. The van der Waals surface area contributed by atoms with Gasteiger partial charge in [0.15, 0.2) is 11.5 Å². The number of nitrogens with zero attached hydrogens (tertiary/aromatic N) is 2. The summed E-state index contributed by atoms with van der Waals surface area (Å²) in [5.74, 6) is 7.05. The summed E-state index contributed by atoms with van der Waals surface area (Å²) in [6, 6.07) is 7.70. The lowest BCUT2D eigenvalue weighted by Crippen LogP contribution is -2.29. The molecule has 0 bridgehead atoms. The van der Waals surface area contributed by atoms with Crippen LogP contribution in [-0.2, 0) is 13.5 Å². The number of aryl methyl sites for hydroxylation is 1. The number of ether oxygens (including phenoxy) is 2. The zero-order valence-electron chi connectivity index (χ0n) is 12.0. The first-order valence-corrected chi connectivity index (χ1v) is 6.34. The van der Waals surface area contributed by atoms with Gasteiger partial charge >= 0.3 is 0 Å². The predicted octanol–water partition coefficient (Wildman–Crippen LogP) is 1.18. The topological polar surface area (TPSA) is 74.3 Å². The Morgan fingerprint density at radius 2 is 2.00 bits per heavy atom. The van der Waals surface area contributed by atoms with Crippen molar-refractivity contribution in [3.8, 4) is 11.5 Å². The lowest BCUT2D eigenvalue weighted by atomic mass is 10.0. The van der Waals surface area contributed by atoms with Gasteiger partial charge in [0.2, 0.25) is 0 Å². The van der Waals surface area contributed by atoms with Crippen LogP contribution in [-0.4, -0.2) is 24.0 Å². The molecule has 0 amide bonds. The number of benzene rings is 1. The van der Waals surface area contributed by atoms with Crippen LogP contribution < -0.4 is 20.7 Å². The highest BCUT2D eigenvalue weighted by Gasteiger charge is 2.15. The third-order valence-corrected chi connectivity index (χ3v) is 3.19. The molecule has 6 heteroatoms. The van der Waals surface area contributed by atoms with E-state index in [0.717, 1.165) is 11.3 Å². The van der Waals surface area contributed by atoms with E-state index in [1.165, 1.54) is 0 Å². The van der Waals surface area contributed by atoms with Crippen molar-refractivity contribution >= 4 is 0 Å². The highest BCUT2D eigenvalue weighted by Crippen LogP contribution is 2.30. The largest absolute Gasteiger partial charge is 0.493 e. The number of hydrazine groups is 1. The van der Waals surface area contributed by atoms with Crippen molar-refractivity contribution in [1.82, 2.24) is 15.2 Å². The second-order valence-electron chi connectivity index (χ2n) is 4.52. The second-order valence-corrected chi connectivity index (χ2v) is 4.52. The van der Waals surface area contributed by atoms with Crippen LogP contribution >= 0.6 is 0 Å². The fourth-order valence-corrected chi connectivity index (χ4v) is 2.12. The molecular weight excluding hydrogens is 256 g/mol.